The number of nitrogens with one attached hydrogen (secondary N) is 2. The summed E-state index contributed by atoms with van der Waals surface area (Å²) in [6.45, 7) is 5.93. The number of hydrogen-bond donors (Lipinski definition) is 3. The Bertz CT molecular complexity index is 478. The number of anilines is 1. The van der Waals surface area contributed by atoms with Crippen LogP contribution in [0.3, 0.4) is 0 Å². The van der Waals surface area contributed by atoms with Gasteiger partial charge in [-0.25, -0.2) is 9.18 Å². The second kappa shape index (κ2) is 6.90. The topological polar surface area (TPSA) is 61.4 Å². The zero-order valence-corrected chi connectivity index (χ0v) is 12.6. The Hall–Kier alpha value is -1.33. The molecule has 0 fully saturated rings. The van der Waals surface area contributed by atoms with E-state index in [1.165, 1.54) is 18.2 Å². The molecule has 3 N–H and O–H groups in total. The van der Waals surface area contributed by atoms with Gasteiger partial charge in [-0.3, -0.25) is 0 Å². The number of carbonyl (C=O) groups excluding carboxylic acids is 1. The SMILES string of the molecule is C[C@@H](O)CC(C)(C)CNC(=O)Nc1cc(Cl)ccc1F. The fraction of sp³-hybridized carbons (Fsp3) is 0.500. The van der Waals surface area contributed by atoms with Gasteiger partial charge in [0.05, 0.1) is 11.8 Å². The van der Waals surface area contributed by atoms with Gasteiger partial charge in [0.15, 0.2) is 0 Å². The normalized spacial score (nSPS) is 12.9. The molecule has 0 aliphatic carbocycles. The van der Waals surface area contributed by atoms with E-state index in [9.17, 15) is 14.3 Å². The fourth-order valence-electron chi connectivity index (χ4n) is 1.95. The summed E-state index contributed by atoms with van der Waals surface area (Å²) in [4.78, 5) is 11.7. The largest absolute Gasteiger partial charge is 0.393 e. The van der Waals surface area contributed by atoms with E-state index in [1.807, 2.05) is 13.8 Å². The van der Waals surface area contributed by atoms with Crippen molar-refractivity contribution in [2.24, 2.45) is 5.41 Å². The lowest BCUT2D eigenvalue weighted by Crippen LogP contribution is -2.38. The number of amides is 2. The number of aliphatic hydroxyl groups is 1. The molecular weight excluding hydrogens is 283 g/mol. The minimum absolute atomic E-state index is 0.0309. The average Bonchev–Trinajstić information content (AvgIpc) is 2.30. The first kappa shape index (κ1) is 16.7. The van der Waals surface area contributed by atoms with Gasteiger partial charge in [0.1, 0.15) is 5.82 Å². The molecule has 112 valence electrons. The van der Waals surface area contributed by atoms with Gasteiger partial charge in [0.25, 0.3) is 0 Å². The standard InChI is InChI=1S/C14H20ClFN2O2/c1-9(19)7-14(2,3)8-17-13(20)18-12-6-10(15)4-5-11(12)16/h4-6,9,19H,7-8H2,1-3H3,(H2,17,18,20)/t9-/m1/s1. The van der Waals surface area contributed by atoms with Crippen LogP contribution in [0.4, 0.5) is 14.9 Å². The quantitative estimate of drug-likeness (QED) is 0.780. The van der Waals surface area contributed by atoms with Crippen molar-refractivity contribution < 1.29 is 14.3 Å². The lowest BCUT2D eigenvalue weighted by molar-refractivity contribution is 0.129. The van der Waals surface area contributed by atoms with Crippen LogP contribution in [-0.2, 0) is 0 Å². The molecule has 0 bridgehead atoms. The molecule has 1 atom stereocenters. The number of aliphatic hydroxyl groups excluding tert-OH is 1. The maximum atomic E-state index is 13.4. The van der Waals surface area contributed by atoms with Crippen molar-refractivity contribution in [2.45, 2.75) is 33.3 Å². The van der Waals surface area contributed by atoms with Crippen LogP contribution in [0.5, 0.6) is 0 Å². The van der Waals surface area contributed by atoms with Crippen LogP contribution in [-0.4, -0.2) is 23.8 Å². The predicted octanol–water partition coefficient (Wildman–Crippen LogP) is 3.40. The molecule has 1 aromatic carbocycles. The first-order valence-corrected chi connectivity index (χ1v) is 6.75. The molecule has 0 radical (unpaired) electrons. The van der Waals surface area contributed by atoms with Crippen molar-refractivity contribution in [3.63, 3.8) is 0 Å². The Kier molecular flexibility index (Phi) is 5.77. The summed E-state index contributed by atoms with van der Waals surface area (Å²) in [5, 5.41) is 14.8. The molecule has 2 amide bonds. The van der Waals surface area contributed by atoms with Crippen LogP contribution < -0.4 is 10.6 Å². The molecule has 0 saturated carbocycles. The average molecular weight is 303 g/mol. The maximum absolute atomic E-state index is 13.4. The van der Waals surface area contributed by atoms with Gasteiger partial charge in [-0.15, -0.1) is 0 Å². The lowest BCUT2D eigenvalue weighted by atomic mass is 9.87. The molecule has 0 aliphatic heterocycles. The summed E-state index contributed by atoms with van der Waals surface area (Å²) in [6, 6.07) is 3.43. The highest BCUT2D eigenvalue weighted by molar-refractivity contribution is 6.30. The molecular formula is C14H20ClFN2O2. The summed E-state index contributed by atoms with van der Waals surface area (Å²) < 4.78 is 13.4. The highest BCUT2D eigenvalue weighted by Gasteiger charge is 2.21. The fourth-order valence-corrected chi connectivity index (χ4v) is 2.12. The van der Waals surface area contributed by atoms with E-state index in [0.29, 0.717) is 18.0 Å². The van der Waals surface area contributed by atoms with Crippen LogP contribution in [0.15, 0.2) is 18.2 Å². The second-order valence-electron chi connectivity index (χ2n) is 5.65. The van der Waals surface area contributed by atoms with Crippen molar-refractivity contribution in [3.8, 4) is 0 Å². The van der Waals surface area contributed by atoms with Gasteiger partial charge in [-0.2, -0.15) is 0 Å². The number of carbonyl (C=O) groups is 1. The van der Waals surface area contributed by atoms with E-state index < -0.39 is 18.0 Å². The maximum Gasteiger partial charge on any atom is 0.319 e. The Morgan fingerprint density at radius 2 is 2.15 bits per heavy atom. The van der Waals surface area contributed by atoms with E-state index in [4.69, 9.17) is 11.6 Å². The third-order valence-corrected chi connectivity index (χ3v) is 2.99. The first-order chi connectivity index (χ1) is 9.19. The molecule has 4 nitrogen and oxygen atoms in total. The molecule has 0 aliphatic rings. The van der Waals surface area contributed by atoms with Crippen molar-refractivity contribution >= 4 is 23.3 Å². The number of hydrogen-bond acceptors (Lipinski definition) is 2. The number of halogens is 2. The van der Waals surface area contributed by atoms with Gasteiger partial charge >= 0.3 is 6.03 Å². The highest BCUT2D eigenvalue weighted by Crippen LogP contribution is 2.22. The summed E-state index contributed by atoms with van der Waals surface area (Å²) in [5.41, 5.74) is -0.221. The van der Waals surface area contributed by atoms with E-state index in [-0.39, 0.29) is 11.1 Å². The van der Waals surface area contributed by atoms with Gasteiger partial charge in [-0.05, 0) is 37.0 Å². The number of benzene rings is 1. The Balaban J connectivity index is 2.54. The zero-order valence-electron chi connectivity index (χ0n) is 11.8. The number of rotatable bonds is 5. The monoisotopic (exact) mass is 302 g/mol. The molecule has 1 aromatic rings. The smallest absolute Gasteiger partial charge is 0.319 e. The zero-order chi connectivity index (χ0) is 15.3. The summed E-state index contributed by atoms with van der Waals surface area (Å²) in [6.07, 6.45) is 0.110. The van der Waals surface area contributed by atoms with Crippen molar-refractivity contribution in [1.29, 1.82) is 0 Å². The molecule has 0 saturated heterocycles. The van der Waals surface area contributed by atoms with E-state index in [2.05, 4.69) is 10.6 Å². The summed E-state index contributed by atoms with van der Waals surface area (Å²) >= 11 is 5.74. The van der Waals surface area contributed by atoms with Crippen molar-refractivity contribution in [2.75, 3.05) is 11.9 Å². The van der Waals surface area contributed by atoms with Gasteiger partial charge in [0, 0.05) is 11.6 Å². The molecule has 6 heteroatoms. The van der Waals surface area contributed by atoms with Crippen LogP contribution in [0.1, 0.15) is 27.2 Å². The third kappa shape index (κ3) is 5.75. The minimum atomic E-state index is -0.548. The molecule has 1 rings (SSSR count). The lowest BCUT2D eigenvalue weighted by Gasteiger charge is -2.26. The van der Waals surface area contributed by atoms with E-state index in [0.717, 1.165) is 0 Å². The number of urea groups is 1. The van der Waals surface area contributed by atoms with Crippen molar-refractivity contribution in [1.82, 2.24) is 5.32 Å². The first-order valence-electron chi connectivity index (χ1n) is 6.37. The Morgan fingerprint density at radius 1 is 1.50 bits per heavy atom. The summed E-state index contributed by atoms with van der Waals surface area (Å²) in [5.74, 6) is -0.548. The Morgan fingerprint density at radius 3 is 2.75 bits per heavy atom. The summed E-state index contributed by atoms with van der Waals surface area (Å²) in [7, 11) is 0. The van der Waals surface area contributed by atoms with Gasteiger partial charge < -0.3 is 15.7 Å². The Labute approximate surface area is 123 Å². The predicted molar refractivity (Wildman–Crippen MR) is 78.5 cm³/mol. The van der Waals surface area contributed by atoms with E-state index in [1.54, 1.807) is 6.92 Å². The highest BCUT2D eigenvalue weighted by atomic mass is 35.5. The molecule has 0 spiro atoms. The van der Waals surface area contributed by atoms with Gasteiger partial charge in [-0.1, -0.05) is 25.4 Å². The van der Waals surface area contributed by atoms with Crippen LogP contribution in [0, 0.1) is 11.2 Å². The van der Waals surface area contributed by atoms with Gasteiger partial charge in [0.2, 0.25) is 0 Å². The van der Waals surface area contributed by atoms with Crippen LogP contribution >= 0.6 is 11.6 Å². The van der Waals surface area contributed by atoms with E-state index >= 15 is 0 Å². The molecule has 0 aromatic heterocycles. The third-order valence-electron chi connectivity index (χ3n) is 2.75. The molecule has 0 unspecified atom stereocenters. The molecule has 0 heterocycles. The van der Waals surface area contributed by atoms with Crippen LogP contribution in [0.2, 0.25) is 5.02 Å². The second-order valence-corrected chi connectivity index (χ2v) is 6.09. The minimum Gasteiger partial charge on any atom is -0.393 e. The van der Waals surface area contributed by atoms with Crippen molar-refractivity contribution in [3.05, 3.63) is 29.0 Å². The van der Waals surface area contributed by atoms with Crippen LogP contribution in [0.25, 0.3) is 0 Å². The molecule has 20 heavy (non-hydrogen) atoms.